The summed E-state index contributed by atoms with van der Waals surface area (Å²) in [5.74, 6) is 0.737. The molecule has 2 aromatic rings. The lowest BCUT2D eigenvalue weighted by molar-refractivity contribution is -0.118. The van der Waals surface area contributed by atoms with Gasteiger partial charge in [0.1, 0.15) is 11.5 Å². The Bertz CT molecular complexity index is 753. The van der Waals surface area contributed by atoms with Crippen LogP contribution in [0.1, 0.15) is 42.7 Å². The fourth-order valence-electron chi connectivity index (χ4n) is 2.76. The van der Waals surface area contributed by atoms with Gasteiger partial charge in [0.25, 0.3) is 5.91 Å². The number of amides is 2. The number of carbonyl (C=O) groups excluding carboxylic acids is 2. The highest BCUT2D eigenvalue weighted by molar-refractivity contribution is 5.94. The molecule has 2 aromatic heterocycles. The third kappa shape index (κ3) is 4.71. The van der Waals surface area contributed by atoms with E-state index in [0.29, 0.717) is 18.7 Å². The van der Waals surface area contributed by atoms with E-state index in [4.69, 9.17) is 0 Å². The number of fused-ring (bicyclic) bond motifs is 1. The minimum absolute atomic E-state index is 0.107. The Balaban J connectivity index is 2.17. The van der Waals surface area contributed by atoms with Crippen molar-refractivity contribution in [2.75, 3.05) is 31.6 Å². The molecule has 7 nitrogen and oxygen atoms in total. The molecule has 0 aliphatic rings. The molecule has 0 aromatic carbocycles. The summed E-state index contributed by atoms with van der Waals surface area (Å²) in [6, 6.07) is 3.62. The van der Waals surface area contributed by atoms with Crippen molar-refractivity contribution >= 4 is 23.3 Å². The zero-order valence-electron chi connectivity index (χ0n) is 15.4. The molecule has 0 aliphatic carbocycles. The van der Waals surface area contributed by atoms with Gasteiger partial charge in [-0.25, -0.2) is 4.98 Å². The number of nitrogens with one attached hydrogen (secondary N) is 2. The lowest BCUT2D eigenvalue weighted by Gasteiger charge is -2.19. The molecule has 2 heterocycles. The number of hydrogen-bond donors (Lipinski definition) is 2. The Hall–Kier alpha value is -2.57. The van der Waals surface area contributed by atoms with Gasteiger partial charge in [-0.3, -0.25) is 14.0 Å². The minimum Gasteiger partial charge on any atom is -0.359 e. The first kappa shape index (κ1) is 18.8. The molecule has 0 radical (unpaired) electrons. The number of carbonyl (C=O) groups is 2. The van der Waals surface area contributed by atoms with Crippen LogP contribution in [0.2, 0.25) is 0 Å². The number of pyridine rings is 1. The van der Waals surface area contributed by atoms with E-state index in [1.165, 1.54) is 6.92 Å². The van der Waals surface area contributed by atoms with Crippen molar-refractivity contribution in [1.29, 1.82) is 0 Å². The van der Waals surface area contributed by atoms with Gasteiger partial charge in [-0.15, -0.1) is 0 Å². The third-order valence-electron chi connectivity index (χ3n) is 4.02. The molecule has 0 saturated heterocycles. The van der Waals surface area contributed by atoms with E-state index in [-0.39, 0.29) is 11.8 Å². The fraction of sp³-hybridized carbons (Fsp3) is 0.500. The predicted molar refractivity (Wildman–Crippen MR) is 99.1 cm³/mol. The molecule has 0 unspecified atom stereocenters. The topological polar surface area (TPSA) is 78.7 Å². The highest BCUT2D eigenvalue weighted by Crippen LogP contribution is 2.22. The van der Waals surface area contributed by atoms with Crippen LogP contribution in [0.4, 0.5) is 5.82 Å². The van der Waals surface area contributed by atoms with Gasteiger partial charge >= 0.3 is 0 Å². The largest absolute Gasteiger partial charge is 0.359 e. The average molecular weight is 345 g/mol. The molecule has 7 heteroatoms. The van der Waals surface area contributed by atoms with E-state index in [0.717, 1.165) is 36.5 Å². The van der Waals surface area contributed by atoms with Gasteiger partial charge in [0.05, 0.1) is 11.3 Å². The van der Waals surface area contributed by atoms with Crippen molar-refractivity contribution in [2.45, 2.75) is 33.6 Å². The van der Waals surface area contributed by atoms with E-state index >= 15 is 0 Å². The maximum absolute atomic E-state index is 12.3. The molecule has 0 saturated carbocycles. The summed E-state index contributed by atoms with van der Waals surface area (Å²) < 4.78 is 1.97. The summed E-state index contributed by atoms with van der Waals surface area (Å²) in [5.41, 5.74) is 2.34. The van der Waals surface area contributed by atoms with Crippen molar-refractivity contribution in [1.82, 2.24) is 20.0 Å². The molecule has 2 amide bonds. The number of nitrogens with zero attached hydrogens (tertiary/aromatic N) is 3. The van der Waals surface area contributed by atoms with Gasteiger partial charge in [0.2, 0.25) is 5.91 Å². The van der Waals surface area contributed by atoms with Crippen LogP contribution in [0.5, 0.6) is 0 Å². The van der Waals surface area contributed by atoms with E-state index < -0.39 is 0 Å². The second-order valence-electron chi connectivity index (χ2n) is 6.18. The smallest absolute Gasteiger partial charge is 0.252 e. The number of rotatable bonds is 8. The van der Waals surface area contributed by atoms with Gasteiger partial charge < -0.3 is 15.5 Å². The summed E-state index contributed by atoms with van der Waals surface area (Å²) in [5, 5.41) is 5.46. The Morgan fingerprint density at radius 2 is 1.96 bits per heavy atom. The molecule has 136 valence electrons. The molecule has 25 heavy (non-hydrogen) atoms. The molecule has 0 bridgehead atoms. The standard InChI is InChI=1S/C18H27N5O2/c1-5-6-11-22(4)18-13(2)21-16-8-7-15(12-23(16)18)17(25)20-10-9-19-14(3)24/h7-8,12H,5-6,9-11H2,1-4H3,(H,19,24)(H,20,25). The van der Waals surface area contributed by atoms with E-state index in [9.17, 15) is 9.59 Å². The molecule has 0 fully saturated rings. The van der Waals surface area contributed by atoms with E-state index in [1.807, 2.05) is 30.6 Å². The first-order valence-electron chi connectivity index (χ1n) is 8.66. The average Bonchev–Trinajstić information content (AvgIpc) is 2.91. The van der Waals surface area contributed by atoms with Gasteiger partial charge in [-0.05, 0) is 25.5 Å². The Kier molecular flexibility index (Phi) is 6.38. The number of hydrogen-bond acceptors (Lipinski definition) is 4. The van der Waals surface area contributed by atoms with Crippen LogP contribution in [0.25, 0.3) is 5.65 Å². The molecule has 0 spiro atoms. The molecule has 0 aliphatic heterocycles. The lowest BCUT2D eigenvalue weighted by atomic mass is 10.2. The van der Waals surface area contributed by atoms with Gasteiger partial charge in [-0.1, -0.05) is 13.3 Å². The Labute approximate surface area is 148 Å². The highest BCUT2D eigenvalue weighted by Gasteiger charge is 2.15. The quantitative estimate of drug-likeness (QED) is 0.715. The first-order chi connectivity index (χ1) is 11.9. The van der Waals surface area contributed by atoms with Crippen molar-refractivity contribution < 1.29 is 9.59 Å². The van der Waals surface area contributed by atoms with Crippen LogP contribution >= 0.6 is 0 Å². The Morgan fingerprint density at radius 1 is 1.24 bits per heavy atom. The molecule has 2 rings (SSSR count). The summed E-state index contributed by atoms with van der Waals surface area (Å²) in [7, 11) is 2.05. The first-order valence-corrected chi connectivity index (χ1v) is 8.66. The highest BCUT2D eigenvalue weighted by atomic mass is 16.2. The monoisotopic (exact) mass is 345 g/mol. The van der Waals surface area contributed by atoms with Crippen molar-refractivity contribution in [3.63, 3.8) is 0 Å². The Morgan fingerprint density at radius 3 is 2.64 bits per heavy atom. The lowest BCUT2D eigenvalue weighted by Crippen LogP contribution is -2.33. The van der Waals surface area contributed by atoms with Crippen molar-refractivity contribution in [3.05, 3.63) is 29.6 Å². The maximum atomic E-state index is 12.3. The van der Waals surface area contributed by atoms with Crippen LogP contribution < -0.4 is 15.5 Å². The number of imidazole rings is 1. The number of anilines is 1. The van der Waals surface area contributed by atoms with Crippen molar-refractivity contribution in [2.24, 2.45) is 0 Å². The van der Waals surface area contributed by atoms with Crippen LogP contribution in [0.15, 0.2) is 18.3 Å². The second-order valence-corrected chi connectivity index (χ2v) is 6.18. The summed E-state index contributed by atoms with van der Waals surface area (Å²) in [6.45, 7) is 7.35. The molecule has 0 atom stereocenters. The molecular formula is C18H27N5O2. The summed E-state index contributed by atoms with van der Waals surface area (Å²) in [4.78, 5) is 29.9. The normalized spacial score (nSPS) is 10.7. The molecular weight excluding hydrogens is 318 g/mol. The third-order valence-corrected chi connectivity index (χ3v) is 4.02. The van der Waals surface area contributed by atoms with E-state index in [1.54, 1.807) is 6.07 Å². The summed E-state index contributed by atoms with van der Waals surface area (Å²) in [6.07, 6.45) is 4.05. The van der Waals surface area contributed by atoms with Crippen molar-refractivity contribution in [3.8, 4) is 0 Å². The number of unbranched alkanes of at least 4 members (excludes halogenated alkanes) is 1. The molecule has 2 N–H and O–H groups in total. The second kappa shape index (κ2) is 8.50. The SMILES string of the molecule is CCCCN(C)c1c(C)nc2ccc(C(=O)NCCNC(C)=O)cn12. The predicted octanol–water partition coefficient (Wildman–Crippen LogP) is 1.74. The van der Waals surface area contributed by atoms with Crippen LogP contribution in [0.3, 0.4) is 0 Å². The fourth-order valence-corrected chi connectivity index (χ4v) is 2.76. The zero-order valence-corrected chi connectivity index (χ0v) is 15.4. The number of aryl methyl sites for hydroxylation is 1. The summed E-state index contributed by atoms with van der Waals surface area (Å²) >= 11 is 0. The number of aromatic nitrogens is 2. The zero-order chi connectivity index (χ0) is 18.4. The van der Waals surface area contributed by atoms with Gasteiger partial charge in [0.15, 0.2) is 0 Å². The van der Waals surface area contributed by atoms with E-state index in [2.05, 4.69) is 27.4 Å². The van der Waals surface area contributed by atoms with Crippen LogP contribution in [-0.2, 0) is 4.79 Å². The van der Waals surface area contributed by atoms with Gasteiger partial charge in [0, 0.05) is 39.8 Å². The maximum Gasteiger partial charge on any atom is 0.252 e. The van der Waals surface area contributed by atoms with Crippen LogP contribution in [-0.4, -0.2) is 47.9 Å². The minimum atomic E-state index is -0.166. The van der Waals surface area contributed by atoms with Gasteiger partial charge in [-0.2, -0.15) is 0 Å². The van der Waals surface area contributed by atoms with Crippen LogP contribution in [0, 0.1) is 6.92 Å².